The molecule has 10 heavy (non-hydrogen) atoms. The van der Waals surface area contributed by atoms with Gasteiger partial charge in [0, 0.05) is 0 Å². The Labute approximate surface area is 66.2 Å². The van der Waals surface area contributed by atoms with Crippen molar-refractivity contribution in [2.24, 2.45) is 0 Å². The van der Waals surface area contributed by atoms with Crippen molar-refractivity contribution in [3.05, 3.63) is 0 Å². The Bertz CT molecular complexity index is 66.3. The molecule has 0 spiro atoms. The largest absolute Gasteiger partial charge is 0.354 e. The summed E-state index contributed by atoms with van der Waals surface area (Å²) >= 11 is 0. The van der Waals surface area contributed by atoms with Crippen molar-refractivity contribution in [2.75, 3.05) is 13.1 Å². The first-order chi connectivity index (χ1) is 4.81. The molecule has 0 N–H and O–H groups in total. The predicted molar refractivity (Wildman–Crippen MR) is 47.1 cm³/mol. The topological polar surface area (TPSA) is 3.24 Å². The van der Waals surface area contributed by atoms with Crippen LogP contribution in [0.25, 0.3) is 0 Å². The van der Waals surface area contributed by atoms with Crippen molar-refractivity contribution in [2.45, 2.75) is 39.5 Å². The predicted octanol–water partition coefficient (Wildman–Crippen LogP) is 1.97. The standard InChI is InChI=1S/C8H18BN/c1-3-5-6-7-8-10(9)4-2/h3-8H2,1-2H3. The number of unbranched alkanes of at least 4 members (excludes halogenated alkanes) is 3. The first-order valence-electron chi connectivity index (χ1n) is 4.30. The van der Waals surface area contributed by atoms with Crippen LogP contribution < -0.4 is 0 Å². The molecule has 0 aromatic carbocycles. The van der Waals surface area contributed by atoms with E-state index in [9.17, 15) is 0 Å². The van der Waals surface area contributed by atoms with Gasteiger partial charge in [-0.25, -0.2) is 0 Å². The summed E-state index contributed by atoms with van der Waals surface area (Å²) in [6.45, 7) is 6.32. The summed E-state index contributed by atoms with van der Waals surface area (Å²) in [7, 11) is 5.59. The van der Waals surface area contributed by atoms with Crippen LogP contribution in [0.5, 0.6) is 0 Å². The molecule has 0 saturated heterocycles. The molecule has 0 aliphatic carbocycles. The summed E-state index contributed by atoms with van der Waals surface area (Å²) in [5.41, 5.74) is 0. The molecule has 0 aliphatic heterocycles. The van der Waals surface area contributed by atoms with Gasteiger partial charge in [-0.2, -0.15) is 0 Å². The quantitative estimate of drug-likeness (QED) is 0.401. The third kappa shape index (κ3) is 6.15. The number of rotatable bonds is 6. The minimum atomic E-state index is 0.964. The van der Waals surface area contributed by atoms with E-state index in [0.29, 0.717) is 0 Å². The molecule has 2 radical (unpaired) electrons. The lowest BCUT2D eigenvalue weighted by molar-refractivity contribution is 0.451. The van der Waals surface area contributed by atoms with Gasteiger partial charge in [0.25, 0.3) is 0 Å². The third-order valence-corrected chi connectivity index (χ3v) is 1.71. The smallest absolute Gasteiger partial charge is 0.182 e. The molecule has 0 saturated carbocycles. The van der Waals surface area contributed by atoms with Gasteiger partial charge in [0.2, 0.25) is 0 Å². The molecule has 2 heteroatoms. The van der Waals surface area contributed by atoms with Crippen LogP contribution in [0, 0.1) is 0 Å². The van der Waals surface area contributed by atoms with Crippen LogP contribution in [-0.4, -0.2) is 25.9 Å². The maximum Gasteiger partial charge on any atom is 0.182 e. The zero-order valence-electron chi connectivity index (χ0n) is 7.27. The highest BCUT2D eigenvalue weighted by Gasteiger charge is 1.92. The fourth-order valence-electron chi connectivity index (χ4n) is 0.900. The molecule has 0 aromatic heterocycles. The number of nitrogens with zero attached hydrogens (tertiary/aromatic N) is 1. The minimum Gasteiger partial charge on any atom is -0.354 e. The average Bonchev–Trinajstić information content (AvgIpc) is 1.98. The van der Waals surface area contributed by atoms with E-state index in [1.165, 1.54) is 25.7 Å². The Balaban J connectivity index is 2.89. The highest BCUT2D eigenvalue weighted by molar-refractivity contribution is 6.04. The Hall–Kier alpha value is 0.0249. The first kappa shape index (κ1) is 10.0. The maximum atomic E-state index is 5.59. The summed E-state index contributed by atoms with van der Waals surface area (Å²) in [6.07, 6.45) is 5.22. The normalized spacial score (nSPS) is 10.7. The van der Waals surface area contributed by atoms with Crippen LogP contribution in [0.1, 0.15) is 39.5 Å². The minimum absolute atomic E-state index is 0.964. The van der Waals surface area contributed by atoms with Gasteiger partial charge in [0.05, 0.1) is 0 Å². The van der Waals surface area contributed by atoms with E-state index in [0.717, 1.165) is 13.1 Å². The van der Waals surface area contributed by atoms with E-state index in [-0.39, 0.29) is 0 Å². The SMILES string of the molecule is [B]N(CC)CCCCCC. The molecule has 0 bridgehead atoms. The zero-order chi connectivity index (χ0) is 7.82. The summed E-state index contributed by atoms with van der Waals surface area (Å²) < 4.78 is 0. The van der Waals surface area contributed by atoms with Crippen molar-refractivity contribution in [3.63, 3.8) is 0 Å². The Kier molecular flexibility index (Phi) is 7.15. The molecule has 0 aromatic rings. The van der Waals surface area contributed by atoms with Crippen LogP contribution in [0.2, 0.25) is 0 Å². The zero-order valence-corrected chi connectivity index (χ0v) is 7.27. The second-order valence-electron chi connectivity index (χ2n) is 2.69. The third-order valence-electron chi connectivity index (χ3n) is 1.71. The van der Waals surface area contributed by atoms with Gasteiger partial charge in [0.1, 0.15) is 0 Å². The van der Waals surface area contributed by atoms with E-state index >= 15 is 0 Å². The fraction of sp³-hybridized carbons (Fsp3) is 1.00. The van der Waals surface area contributed by atoms with E-state index in [2.05, 4.69) is 13.8 Å². The molecule has 58 valence electrons. The molecule has 0 unspecified atom stereocenters. The second kappa shape index (κ2) is 7.14. The molecular weight excluding hydrogens is 121 g/mol. The number of hydrogen-bond donors (Lipinski definition) is 0. The van der Waals surface area contributed by atoms with Crippen molar-refractivity contribution < 1.29 is 0 Å². The van der Waals surface area contributed by atoms with Gasteiger partial charge >= 0.3 is 0 Å². The summed E-state index contributed by atoms with van der Waals surface area (Å²) in [6, 6.07) is 0. The molecule has 0 aliphatic rings. The Morgan fingerprint density at radius 1 is 1.10 bits per heavy atom. The van der Waals surface area contributed by atoms with Crippen molar-refractivity contribution in [1.82, 2.24) is 4.81 Å². The molecule has 1 nitrogen and oxygen atoms in total. The molecule has 0 rings (SSSR count). The highest BCUT2D eigenvalue weighted by Crippen LogP contribution is 1.99. The van der Waals surface area contributed by atoms with E-state index in [1.54, 1.807) is 0 Å². The highest BCUT2D eigenvalue weighted by atomic mass is 15.0. The second-order valence-corrected chi connectivity index (χ2v) is 2.69. The molecule has 0 fully saturated rings. The lowest BCUT2D eigenvalue weighted by atomic mass is 10.2. The van der Waals surface area contributed by atoms with Gasteiger partial charge in [-0.15, -0.1) is 0 Å². The van der Waals surface area contributed by atoms with Crippen LogP contribution in [-0.2, 0) is 0 Å². The van der Waals surface area contributed by atoms with Crippen LogP contribution in [0.3, 0.4) is 0 Å². The van der Waals surface area contributed by atoms with Gasteiger partial charge in [0.15, 0.2) is 7.98 Å². The lowest BCUT2D eigenvalue weighted by Gasteiger charge is -2.13. The Morgan fingerprint density at radius 3 is 2.30 bits per heavy atom. The fourth-order valence-corrected chi connectivity index (χ4v) is 0.900. The summed E-state index contributed by atoms with van der Waals surface area (Å²) in [5.74, 6) is 0. The van der Waals surface area contributed by atoms with E-state index in [1.807, 2.05) is 4.81 Å². The van der Waals surface area contributed by atoms with Crippen molar-refractivity contribution in [1.29, 1.82) is 0 Å². The molecule has 0 atom stereocenters. The lowest BCUT2D eigenvalue weighted by Crippen LogP contribution is -2.20. The van der Waals surface area contributed by atoms with E-state index in [4.69, 9.17) is 7.98 Å². The average molecular weight is 139 g/mol. The maximum absolute atomic E-state index is 5.59. The van der Waals surface area contributed by atoms with Gasteiger partial charge in [-0.05, 0) is 19.5 Å². The molecule has 0 heterocycles. The summed E-state index contributed by atoms with van der Waals surface area (Å²) in [5, 5.41) is 0. The van der Waals surface area contributed by atoms with Crippen molar-refractivity contribution >= 4 is 7.98 Å². The monoisotopic (exact) mass is 139 g/mol. The molecule has 0 amide bonds. The van der Waals surface area contributed by atoms with E-state index < -0.39 is 0 Å². The number of hydrogen-bond acceptors (Lipinski definition) is 1. The Morgan fingerprint density at radius 2 is 1.80 bits per heavy atom. The first-order valence-corrected chi connectivity index (χ1v) is 4.30. The molecular formula is C8H18BN. The van der Waals surface area contributed by atoms with Crippen LogP contribution >= 0.6 is 0 Å². The summed E-state index contributed by atoms with van der Waals surface area (Å²) in [4.78, 5) is 1.87. The van der Waals surface area contributed by atoms with Gasteiger partial charge < -0.3 is 4.81 Å². The van der Waals surface area contributed by atoms with Crippen LogP contribution in [0.15, 0.2) is 0 Å². The van der Waals surface area contributed by atoms with Crippen molar-refractivity contribution in [3.8, 4) is 0 Å². The van der Waals surface area contributed by atoms with Crippen LogP contribution in [0.4, 0.5) is 0 Å². The van der Waals surface area contributed by atoms with Gasteiger partial charge in [-0.1, -0.05) is 33.1 Å². The van der Waals surface area contributed by atoms with Gasteiger partial charge in [-0.3, -0.25) is 0 Å².